The number of thioether (sulfide) groups is 1. The number of aryl methyl sites for hydroxylation is 1. The smallest absolute Gasteiger partial charge is 0.343 e. The fraction of sp³-hybridized carbons (Fsp3) is 0.0435. The fourth-order valence-corrected chi connectivity index (χ4v) is 4.37. The SMILES string of the molecule is Cc1ccc(OC(=O)c2cccc(Br)c2)c(C=C2Sc3ccccc3C2=O)c1. The summed E-state index contributed by atoms with van der Waals surface area (Å²) >= 11 is 4.80. The number of hydrogen-bond donors (Lipinski definition) is 0. The summed E-state index contributed by atoms with van der Waals surface area (Å²) in [4.78, 5) is 26.8. The molecule has 5 heteroatoms. The Morgan fingerprint density at radius 3 is 2.64 bits per heavy atom. The van der Waals surface area contributed by atoms with E-state index in [9.17, 15) is 9.59 Å². The number of rotatable bonds is 3. The number of fused-ring (bicyclic) bond motifs is 1. The van der Waals surface area contributed by atoms with Gasteiger partial charge in [0.1, 0.15) is 5.75 Å². The first kappa shape index (κ1) is 18.7. The number of carbonyl (C=O) groups is 2. The van der Waals surface area contributed by atoms with Gasteiger partial charge in [-0.3, -0.25) is 4.79 Å². The molecule has 1 heterocycles. The molecule has 28 heavy (non-hydrogen) atoms. The van der Waals surface area contributed by atoms with Crippen LogP contribution in [0.4, 0.5) is 0 Å². The van der Waals surface area contributed by atoms with E-state index < -0.39 is 5.97 Å². The van der Waals surface area contributed by atoms with E-state index in [1.165, 1.54) is 11.8 Å². The van der Waals surface area contributed by atoms with Crippen molar-refractivity contribution in [3.05, 3.63) is 98.4 Å². The van der Waals surface area contributed by atoms with Crippen LogP contribution in [0, 0.1) is 6.92 Å². The quantitative estimate of drug-likeness (QED) is 0.266. The largest absolute Gasteiger partial charge is 0.422 e. The highest BCUT2D eigenvalue weighted by molar-refractivity contribution is 9.10. The molecule has 0 bridgehead atoms. The lowest BCUT2D eigenvalue weighted by atomic mass is 10.1. The van der Waals surface area contributed by atoms with Crippen LogP contribution in [0.1, 0.15) is 31.8 Å². The highest BCUT2D eigenvalue weighted by Crippen LogP contribution is 2.41. The summed E-state index contributed by atoms with van der Waals surface area (Å²) in [5.74, 6) is -0.0303. The van der Waals surface area contributed by atoms with Gasteiger partial charge in [-0.05, 0) is 55.5 Å². The van der Waals surface area contributed by atoms with Crippen molar-refractivity contribution in [1.29, 1.82) is 0 Å². The minimum absolute atomic E-state index is 0.00799. The Labute approximate surface area is 175 Å². The lowest BCUT2D eigenvalue weighted by Gasteiger charge is -2.09. The average molecular weight is 451 g/mol. The number of hydrogen-bond acceptors (Lipinski definition) is 4. The second kappa shape index (κ2) is 7.78. The molecule has 0 saturated carbocycles. The minimum atomic E-state index is -0.446. The van der Waals surface area contributed by atoms with Crippen LogP contribution in [0.5, 0.6) is 5.75 Å². The molecule has 0 amide bonds. The molecule has 0 aliphatic carbocycles. The van der Waals surface area contributed by atoms with Gasteiger partial charge in [0.05, 0.1) is 10.5 Å². The van der Waals surface area contributed by atoms with E-state index in [0.29, 0.717) is 27.3 Å². The third-order valence-corrected chi connectivity index (χ3v) is 5.88. The number of carbonyl (C=O) groups excluding carboxylic acids is 2. The van der Waals surface area contributed by atoms with Crippen LogP contribution in [-0.2, 0) is 0 Å². The summed E-state index contributed by atoms with van der Waals surface area (Å²) in [5, 5.41) is 0. The summed E-state index contributed by atoms with van der Waals surface area (Å²) in [5.41, 5.74) is 2.88. The first-order valence-electron chi connectivity index (χ1n) is 8.63. The minimum Gasteiger partial charge on any atom is -0.422 e. The Morgan fingerprint density at radius 2 is 1.86 bits per heavy atom. The topological polar surface area (TPSA) is 43.4 Å². The van der Waals surface area contributed by atoms with Crippen LogP contribution < -0.4 is 4.74 Å². The number of halogens is 1. The van der Waals surface area contributed by atoms with Crippen molar-refractivity contribution in [1.82, 2.24) is 0 Å². The van der Waals surface area contributed by atoms with Gasteiger partial charge in [0.15, 0.2) is 0 Å². The second-order valence-electron chi connectivity index (χ2n) is 6.38. The zero-order valence-electron chi connectivity index (χ0n) is 14.9. The molecule has 138 valence electrons. The number of Topliss-reactive ketones (excluding diaryl/α,β-unsaturated/α-hetero) is 1. The van der Waals surface area contributed by atoms with Gasteiger partial charge in [-0.1, -0.05) is 57.5 Å². The summed E-state index contributed by atoms with van der Waals surface area (Å²) in [7, 11) is 0. The zero-order chi connectivity index (χ0) is 19.7. The Hall–Kier alpha value is -2.63. The van der Waals surface area contributed by atoms with Crippen molar-refractivity contribution >= 4 is 45.5 Å². The monoisotopic (exact) mass is 450 g/mol. The van der Waals surface area contributed by atoms with Crippen LogP contribution >= 0.6 is 27.7 Å². The van der Waals surface area contributed by atoms with Gasteiger partial charge in [-0.25, -0.2) is 4.79 Å². The van der Waals surface area contributed by atoms with Gasteiger partial charge in [-0.15, -0.1) is 0 Å². The van der Waals surface area contributed by atoms with Crippen molar-refractivity contribution < 1.29 is 14.3 Å². The van der Waals surface area contributed by atoms with Crippen LogP contribution in [0.15, 0.2) is 81.0 Å². The first-order valence-corrected chi connectivity index (χ1v) is 10.2. The van der Waals surface area contributed by atoms with Crippen LogP contribution in [0.25, 0.3) is 6.08 Å². The maximum atomic E-state index is 12.7. The highest BCUT2D eigenvalue weighted by atomic mass is 79.9. The molecule has 0 N–H and O–H groups in total. The Bertz CT molecular complexity index is 1130. The fourth-order valence-electron chi connectivity index (χ4n) is 2.92. The normalized spacial score (nSPS) is 14.2. The molecule has 3 aromatic rings. The van der Waals surface area contributed by atoms with Crippen LogP contribution in [0.3, 0.4) is 0 Å². The van der Waals surface area contributed by atoms with Crippen molar-refractivity contribution in [3.63, 3.8) is 0 Å². The number of ether oxygens (including phenoxy) is 1. The van der Waals surface area contributed by atoms with E-state index in [1.54, 1.807) is 30.3 Å². The summed E-state index contributed by atoms with van der Waals surface area (Å²) in [6.45, 7) is 1.96. The van der Waals surface area contributed by atoms with Crippen molar-refractivity contribution in [2.24, 2.45) is 0 Å². The molecular formula is C23H15BrO3S. The molecule has 0 aromatic heterocycles. The summed E-state index contributed by atoms with van der Waals surface area (Å²) in [6, 6.07) is 20.1. The predicted octanol–water partition coefficient (Wildman–Crippen LogP) is 6.31. The Kier molecular flexibility index (Phi) is 5.20. The molecule has 0 spiro atoms. The van der Waals surface area contributed by atoms with E-state index in [4.69, 9.17) is 4.74 Å². The van der Waals surface area contributed by atoms with Gasteiger partial charge in [0.25, 0.3) is 0 Å². The summed E-state index contributed by atoms with van der Waals surface area (Å²) < 4.78 is 6.44. The molecule has 0 fully saturated rings. The van der Waals surface area contributed by atoms with Gasteiger partial charge in [0.2, 0.25) is 5.78 Å². The maximum Gasteiger partial charge on any atom is 0.343 e. The number of ketones is 1. The molecule has 1 aliphatic rings. The molecule has 4 rings (SSSR count). The van der Waals surface area contributed by atoms with Gasteiger partial charge in [-0.2, -0.15) is 0 Å². The third kappa shape index (κ3) is 3.81. The molecule has 0 saturated heterocycles. The molecule has 3 nitrogen and oxygen atoms in total. The maximum absolute atomic E-state index is 12.7. The molecule has 0 atom stereocenters. The third-order valence-electron chi connectivity index (χ3n) is 4.29. The van der Waals surface area contributed by atoms with E-state index in [2.05, 4.69) is 15.9 Å². The highest BCUT2D eigenvalue weighted by Gasteiger charge is 2.25. The van der Waals surface area contributed by atoms with E-state index in [1.807, 2.05) is 49.4 Å². The first-order chi connectivity index (χ1) is 13.5. The molecular weight excluding hydrogens is 436 g/mol. The molecule has 3 aromatic carbocycles. The Balaban J connectivity index is 1.67. The van der Waals surface area contributed by atoms with Crippen molar-refractivity contribution in [3.8, 4) is 5.75 Å². The lowest BCUT2D eigenvalue weighted by Crippen LogP contribution is -2.09. The number of allylic oxidation sites excluding steroid dienone is 1. The van der Waals surface area contributed by atoms with E-state index in [0.717, 1.165) is 14.9 Å². The molecule has 0 radical (unpaired) electrons. The summed E-state index contributed by atoms with van der Waals surface area (Å²) in [6.07, 6.45) is 1.80. The molecule has 0 unspecified atom stereocenters. The van der Waals surface area contributed by atoms with Crippen LogP contribution in [0.2, 0.25) is 0 Å². The van der Waals surface area contributed by atoms with Crippen LogP contribution in [-0.4, -0.2) is 11.8 Å². The number of benzene rings is 3. The standard InChI is InChI=1S/C23H15BrO3S/c1-14-9-10-19(27-23(26)15-5-4-6-17(24)12-15)16(11-14)13-21-22(25)18-7-2-3-8-20(18)28-21/h2-13H,1H3. The lowest BCUT2D eigenvalue weighted by molar-refractivity contribution is 0.0734. The van der Waals surface area contributed by atoms with Gasteiger partial charge in [0, 0.05) is 20.5 Å². The van der Waals surface area contributed by atoms with Gasteiger partial charge < -0.3 is 4.74 Å². The Morgan fingerprint density at radius 1 is 1.04 bits per heavy atom. The van der Waals surface area contributed by atoms with Gasteiger partial charge >= 0.3 is 5.97 Å². The van der Waals surface area contributed by atoms with Crippen molar-refractivity contribution in [2.45, 2.75) is 11.8 Å². The van der Waals surface area contributed by atoms with Crippen molar-refractivity contribution in [2.75, 3.05) is 0 Å². The number of esters is 1. The predicted molar refractivity (Wildman–Crippen MR) is 115 cm³/mol. The van der Waals surface area contributed by atoms with E-state index >= 15 is 0 Å². The second-order valence-corrected chi connectivity index (χ2v) is 8.38. The zero-order valence-corrected chi connectivity index (χ0v) is 17.3. The van der Waals surface area contributed by atoms with E-state index in [-0.39, 0.29) is 5.78 Å². The average Bonchev–Trinajstić information content (AvgIpc) is 3.00. The molecule has 1 aliphatic heterocycles.